The van der Waals surface area contributed by atoms with Gasteiger partial charge in [0.25, 0.3) is 0 Å². The highest BCUT2D eigenvalue weighted by Crippen LogP contribution is 2.26. The third-order valence-corrected chi connectivity index (χ3v) is 12.8. The summed E-state index contributed by atoms with van der Waals surface area (Å²) in [4.78, 5) is 51.0. The highest BCUT2D eigenvalue weighted by Gasteiger charge is 2.50. The smallest absolute Gasteiger partial charge is 0.335 e. The number of carboxylic acid groups (broad SMARTS) is 1. The van der Waals surface area contributed by atoms with Gasteiger partial charge in [0.15, 0.2) is 24.6 Å². The van der Waals surface area contributed by atoms with E-state index in [4.69, 9.17) is 23.7 Å². The molecule has 0 aromatic heterocycles. The van der Waals surface area contributed by atoms with E-state index in [-0.39, 0.29) is 25.9 Å². The van der Waals surface area contributed by atoms with Crippen LogP contribution < -0.4 is 0 Å². The van der Waals surface area contributed by atoms with E-state index >= 15 is 0 Å². The quantitative estimate of drug-likeness (QED) is 0.0228. The summed E-state index contributed by atoms with van der Waals surface area (Å²) >= 11 is 0. The molecule has 1 aliphatic heterocycles. The lowest BCUT2D eigenvalue weighted by Crippen LogP contribution is -2.61. The van der Waals surface area contributed by atoms with Crippen molar-refractivity contribution < 1.29 is 58.2 Å². The minimum absolute atomic E-state index is 0.0194. The monoisotopic (exact) mass is 1030 g/mol. The van der Waals surface area contributed by atoms with Crippen LogP contribution in [0.3, 0.4) is 0 Å². The van der Waals surface area contributed by atoms with Crippen molar-refractivity contribution >= 4 is 23.9 Å². The Morgan fingerprint density at radius 3 is 1.38 bits per heavy atom. The van der Waals surface area contributed by atoms with E-state index in [0.29, 0.717) is 19.3 Å². The van der Waals surface area contributed by atoms with E-state index in [0.717, 1.165) is 109 Å². The molecule has 1 aliphatic rings. The van der Waals surface area contributed by atoms with Gasteiger partial charge in [0.2, 0.25) is 0 Å². The van der Waals surface area contributed by atoms with Crippen LogP contribution in [0.4, 0.5) is 0 Å². The zero-order chi connectivity index (χ0) is 53.3. The average molecular weight is 1030 g/mol. The molecular weight excluding hydrogens is 925 g/mol. The molecule has 1 heterocycles. The van der Waals surface area contributed by atoms with Crippen LogP contribution >= 0.6 is 0 Å². The lowest BCUT2D eigenvalue weighted by molar-refractivity contribution is -0.301. The van der Waals surface area contributed by atoms with Crippen molar-refractivity contribution in [2.45, 2.75) is 276 Å². The molecule has 0 radical (unpaired) electrons. The van der Waals surface area contributed by atoms with Gasteiger partial charge in [-0.1, -0.05) is 209 Å². The van der Waals surface area contributed by atoms with Crippen LogP contribution in [0.25, 0.3) is 0 Å². The lowest BCUT2D eigenvalue weighted by Gasteiger charge is -2.40. The molecule has 0 saturated carbocycles. The number of hydrogen-bond donors (Lipinski definition) is 3. The molecule has 1 saturated heterocycles. The summed E-state index contributed by atoms with van der Waals surface area (Å²) in [6, 6.07) is 0. The van der Waals surface area contributed by atoms with Crippen LogP contribution in [0.15, 0.2) is 72.9 Å². The van der Waals surface area contributed by atoms with E-state index in [1.165, 1.54) is 70.6 Å². The second-order valence-corrected chi connectivity index (χ2v) is 19.5. The van der Waals surface area contributed by atoms with E-state index in [2.05, 4.69) is 93.7 Å². The number of aliphatic carboxylic acids is 1. The molecule has 6 unspecified atom stereocenters. The Bertz CT molecular complexity index is 1550. The molecule has 0 bridgehead atoms. The first-order valence-electron chi connectivity index (χ1n) is 28.9. The second-order valence-electron chi connectivity index (χ2n) is 19.5. The van der Waals surface area contributed by atoms with Gasteiger partial charge in [-0.05, 0) is 83.5 Å². The van der Waals surface area contributed by atoms with E-state index in [1.807, 2.05) is 0 Å². The number of unbranched alkanes of at least 4 members (excludes halogenated alkanes) is 22. The standard InChI is InChI=1S/C61H102O12/c1-4-7-10-13-16-19-22-24-25-26-27-28-29-31-34-37-40-43-46-49-55(64)72-59-57(66)56(65)58(60(67)68)73-61(59)70-51-52(71-54(63)48-45-42-39-36-32-21-18-15-12-9-6-3)50-69-53(62)47-44-41-38-35-33-30-23-20-17-14-11-8-5-2/h7,10,15-16,18-19,24-25,27-28,31,34,52,56-59,61,65-66H,4-6,8-9,11-14,17,20-23,26,29-30,32-33,35-51H2,1-3H3,(H,67,68)/b10-7-,18-15-,19-16-,25-24-,28-27-,34-31-. The normalized spacial score (nSPS) is 18.8. The average Bonchev–Trinajstić information content (AvgIpc) is 3.37. The highest BCUT2D eigenvalue weighted by molar-refractivity contribution is 5.74. The van der Waals surface area contributed by atoms with Crippen LogP contribution in [0, 0.1) is 0 Å². The van der Waals surface area contributed by atoms with Crippen LogP contribution in [-0.2, 0) is 42.9 Å². The van der Waals surface area contributed by atoms with Crippen molar-refractivity contribution in [3.05, 3.63) is 72.9 Å². The number of carbonyl (C=O) groups excluding carboxylic acids is 3. The summed E-state index contributed by atoms with van der Waals surface area (Å²) in [6.45, 7) is 5.81. The predicted molar refractivity (Wildman–Crippen MR) is 294 cm³/mol. The summed E-state index contributed by atoms with van der Waals surface area (Å²) in [7, 11) is 0. The molecule has 0 aromatic rings. The largest absolute Gasteiger partial charge is 0.479 e. The summed E-state index contributed by atoms with van der Waals surface area (Å²) in [5, 5.41) is 31.4. The maximum absolute atomic E-state index is 13.1. The van der Waals surface area contributed by atoms with Gasteiger partial charge in [0.05, 0.1) is 6.61 Å². The number of hydrogen-bond acceptors (Lipinski definition) is 11. The Morgan fingerprint density at radius 1 is 0.466 bits per heavy atom. The Labute approximate surface area is 442 Å². The Hall–Kier alpha value is -3.84. The molecule has 1 fully saturated rings. The number of aliphatic hydroxyl groups is 2. The SMILES string of the molecule is CC/C=C\C/C=C\C/C=C\C/C=C\C/C=C\CCCCCC(=O)OC1C(OCC(COC(=O)CCCCCCCCCCCCCCC)OC(=O)CCCCCCC/C=C\CCCC)OC(C(=O)O)C(O)C1O. The molecule has 0 aromatic carbocycles. The molecule has 12 heteroatoms. The molecule has 1 rings (SSSR count). The van der Waals surface area contributed by atoms with Crippen LogP contribution in [-0.4, -0.2) is 89.2 Å². The molecule has 418 valence electrons. The zero-order valence-corrected chi connectivity index (χ0v) is 45.9. The number of allylic oxidation sites excluding steroid dienone is 12. The van der Waals surface area contributed by atoms with Gasteiger partial charge in [-0.15, -0.1) is 0 Å². The van der Waals surface area contributed by atoms with Crippen LogP contribution in [0.5, 0.6) is 0 Å². The van der Waals surface area contributed by atoms with Crippen molar-refractivity contribution in [2.75, 3.05) is 13.2 Å². The molecular formula is C61H102O12. The molecule has 6 atom stereocenters. The van der Waals surface area contributed by atoms with Crippen LogP contribution in [0.1, 0.15) is 239 Å². The first-order valence-corrected chi connectivity index (χ1v) is 28.9. The third kappa shape index (κ3) is 39.3. The van der Waals surface area contributed by atoms with Crippen LogP contribution in [0.2, 0.25) is 0 Å². The van der Waals surface area contributed by atoms with E-state index in [1.54, 1.807) is 0 Å². The van der Waals surface area contributed by atoms with Gasteiger partial charge in [0.1, 0.15) is 18.8 Å². The number of aliphatic hydroxyl groups excluding tert-OH is 2. The summed E-state index contributed by atoms with van der Waals surface area (Å²) in [5.41, 5.74) is 0. The minimum Gasteiger partial charge on any atom is -0.479 e. The fourth-order valence-electron chi connectivity index (χ4n) is 8.32. The van der Waals surface area contributed by atoms with Crippen molar-refractivity contribution in [1.82, 2.24) is 0 Å². The summed E-state index contributed by atoms with van der Waals surface area (Å²) in [6.07, 6.45) is 48.8. The summed E-state index contributed by atoms with van der Waals surface area (Å²) in [5.74, 6) is -3.17. The van der Waals surface area contributed by atoms with Gasteiger partial charge < -0.3 is 39.0 Å². The van der Waals surface area contributed by atoms with E-state index < -0.39 is 67.3 Å². The Morgan fingerprint density at radius 2 is 0.877 bits per heavy atom. The zero-order valence-electron chi connectivity index (χ0n) is 45.9. The molecule has 12 nitrogen and oxygen atoms in total. The van der Waals surface area contributed by atoms with Crippen molar-refractivity contribution in [3.63, 3.8) is 0 Å². The maximum atomic E-state index is 13.1. The van der Waals surface area contributed by atoms with Gasteiger partial charge >= 0.3 is 23.9 Å². The summed E-state index contributed by atoms with van der Waals surface area (Å²) < 4.78 is 28.3. The minimum atomic E-state index is -1.92. The topological polar surface area (TPSA) is 175 Å². The number of esters is 3. The molecule has 0 aliphatic carbocycles. The predicted octanol–water partition coefficient (Wildman–Crippen LogP) is 14.6. The van der Waals surface area contributed by atoms with Crippen molar-refractivity contribution in [2.24, 2.45) is 0 Å². The first kappa shape index (κ1) is 67.2. The Kier molecular flexibility index (Phi) is 45.1. The fourth-order valence-corrected chi connectivity index (χ4v) is 8.32. The molecule has 3 N–H and O–H groups in total. The van der Waals surface area contributed by atoms with Gasteiger partial charge in [0, 0.05) is 19.3 Å². The van der Waals surface area contributed by atoms with Gasteiger partial charge in [-0.25, -0.2) is 4.79 Å². The third-order valence-electron chi connectivity index (χ3n) is 12.8. The van der Waals surface area contributed by atoms with Crippen molar-refractivity contribution in [3.8, 4) is 0 Å². The maximum Gasteiger partial charge on any atom is 0.335 e. The van der Waals surface area contributed by atoms with E-state index in [9.17, 15) is 34.5 Å². The number of rotatable bonds is 48. The second kappa shape index (κ2) is 49.1. The molecule has 73 heavy (non-hydrogen) atoms. The highest BCUT2D eigenvalue weighted by atomic mass is 16.7. The molecule has 0 amide bonds. The van der Waals surface area contributed by atoms with Gasteiger partial charge in [-0.2, -0.15) is 0 Å². The lowest BCUT2D eigenvalue weighted by atomic mass is 9.98. The Balaban J connectivity index is 2.70. The number of ether oxygens (including phenoxy) is 5. The molecule has 0 spiro atoms. The fraction of sp³-hybridized carbons (Fsp3) is 0.738. The first-order chi connectivity index (χ1) is 35.6. The number of carbonyl (C=O) groups is 4. The number of carboxylic acids is 1. The van der Waals surface area contributed by atoms with Gasteiger partial charge in [-0.3, -0.25) is 14.4 Å². The van der Waals surface area contributed by atoms with Crippen molar-refractivity contribution in [1.29, 1.82) is 0 Å².